The Morgan fingerprint density at radius 3 is 2.47 bits per heavy atom. The molecule has 2 saturated heterocycles. The molecule has 2 aromatic carbocycles. The number of aryl methyl sites for hydroxylation is 1. The van der Waals surface area contributed by atoms with Crippen LogP contribution in [-0.4, -0.2) is 73.0 Å². The van der Waals surface area contributed by atoms with Crippen LogP contribution in [0, 0.1) is 6.92 Å². The second-order valence-corrected chi connectivity index (χ2v) is 11.6. The third-order valence-electron chi connectivity index (χ3n) is 8.68. The molecular weight excluding hydrogens is 480 g/mol. The second-order valence-electron chi connectivity index (χ2n) is 11.6. The van der Waals surface area contributed by atoms with Crippen molar-refractivity contribution in [2.75, 3.05) is 36.0 Å². The van der Waals surface area contributed by atoms with E-state index in [9.17, 15) is 9.59 Å². The quantitative estimate of drug-likeness (QED) is 0.669. The van der Waals surface area contributed by atoms with Gasteiger partial charge < -0.3 is 29.9 Å². The van der Waals surface area contributed by atoms with Gasteiger partial charge in [-0.3, -0.25) is 9.59 Å². The van der Waals surface area contributed by atoms with Crippen molar-refractivity contribution in [3.63, 3.8) is 0 Å². The van der Waals surface area contributed by atoms with E-state index in [0.717, 1.165) is 56.7 Å². The highest BCUT2D eigenvalue weighted by Crippen LogP contribution is 2.41. The van der Waals surface area contributed by atoms with Crippen molar-refractivity contribution < 1.29 is 19.1 Å². The number of amides is 2. The number of piperazine rings is 1. The lowest BCUT2D eigenvalue weighted by atomic mass is 9.84. The van der Waals surface area contributed by atoms with E-state index in [1.165, 1.54) is 11.3 Å². The number of nitrogens with zero attached hydrogens (tertiary/aromatic N) is 3. The van der Waals surface area contributed by atoms with Gasteiger partial charge in [-0.2, -0.15) is 0 Å². The van der Waals surface area contributed by atoms with Crippen molar-refractivity contribution in [1.82, 2.24) is 4.90 Å². The Balaban J connectivity index is 1.22. The van der Waals surface area contributed by atoms with Crippen LogP contribution in [0.15, 0.2) is 42.5 Å². The van der Waals surface area contributed by atoms with Crippen LogP contribution in [0.4, 0.5) is 11.4 Å². The average molecular weight is 519 g/mol. The fourth-order valence-corrected chi connectivity index (χ4v) is 6.89. The predicted octanol–water partition coefficient (Wildman–Crippen LogP) is 3.25. The van der Waals surface area contributed by atoms with Crippen molar-refractivity contribution in [3.05, 3.63) is 59.2 Å². The predicted molar refractivity (Wildman–Crippen MR) is 146 cm³/mol. The first-order valence-electron chi connectivity index (χ1n) is 13.9. The van der Waals surface area contributed by atoms with Gasteiger partial charge in [0, 0.05) is 49.5 Å². The van der Waals surface area contributed by atoms with Crippen molar-refractivity contribution in [3.8, 4) is 0 Å². The zero-order chi connectivity index (χ0) is 26.6. The zero-order valence-electron chi connectivity index (χ0n) is 22.6. The minimum absolute atomic E-state index is 0.0767. The van der Waals surface area contributed by atoms with Crippen molar-refractivity contribution in [2.45, 2.75) is 76.5 Å². The number of benzene rings is 2. The fraction of sp³-hybridized carbons (Fsp3) is 0.533. The highest BCUT2D eigenvalue weighted by molar-refractivity contribution is 6.01. The van der Waals surface area contributed by atoms with Crippen LogP contribution in [-0.2, 0) is 20.7 Å². The van der Waals surface area contributed by atoms with Gasteiger partial charge in [0.05, 0.1) is 12.1 Å². The number of primary amides is 1. The largest absolute Gasteiger partial charge is 0.368 e. The SMILES string of the molecule is Cc1ccccc1N1CCN(c2ccc3c(c2)CC(C(N)=O)N([C@H]2CCC[C@@H]4OC(C)(C)O[C@@H]42)C3=O)CC1. The molecule has 3 fully saturated rings. The van der Waals surface area contributed by atoms with Gasteiger partial charge in [-0.25, -0.2) is 0 Å². The molecule has 0 bridgehead atoms. The maximum Gasteiger partial charge on any atom is 0.255 e. The van der Waals surface area contributed by atoms with Crippen molar-refractivity contribution >= 4 is 23.2 Å². The Kier molecular flexibility index (Phi) is 6.35. The lowest BCUT2D eigenvalue weighted by molar-refractivity contribution is -0.150. The van der Waals surface area contributed by atoms with Crippen LogP contribution in [0.1, 0.15) is 54.6 Å². The van der Waals surface area contributed by atoms with E-state index in [1.54, 1.807) is 4.90 Å². The molecule has 3 aliphatic heterocycles. The Morgan fingerprint density at radius 1 is 1.00 bits per heavy atom. The highest BCUT2D eigenvalue weighted by atomic mass is 16.8. The Bertz CT molecular complexity index is 1240. The van der Waals surface area contributed by atoms with E-state index >= 15 is 0 Å². The minimum atomic E-state index is -0.699. The molecule has 2 aromatic rings. The zero-order valence-corrected chi connectivity index (χ0v) is 22.6. The first-order valence-corrected chi connectivity index (χ1v) is 13.9. The summed E-state index contributed by atoms with van der Waals surface area (Å²) in [4.78, 5) is 33.1. The Morgan fingerprint density at radius 2 is 1.74 bits per heavy atom. The molecule has 0 radical (unpaired) electrons. The van der Waals surface area contributed by atoms with Gasteiger partial charge in [0.1, 0.15) is 12.1 Å². The van der Waals surface area contributed by atoms with Crippen molar-refractivity contribution in [1.29, 1.82) is 0 Å². The van der Waals surface area contributed by atoms with Gasteiger partial charge in [-0.05, 0) is 75.4 Å². The first-order chi connectivity index (χ1) is 18.2. The topological polar surface area (TPSA) is 88.3 Å². The van der Waals surface area contributed by atoms with Crippen LogP contribution < -0.4 is 15.5 Å². The highest BCUT2D eigenvalue weighted by Gasteiger charge is 2.52. The molecule has 6 rings (SSSR count). The lowest BCUT2D eigenvalue weighted by Crippen LogP contribution is -2.61. The maximum absolute atomic E-state index is 13.9. The number of anilines is 2. The van der Waals surface area contributed by atoms with Gasteiger partial charge in [0.15, 0.2) is 5.79 Å². The van der Waals surface area contributed by atoms with Gasteiger partial charge in [-0.15, -0.1) is 0 Å². The molecule has 8 heteroatoms. The number of hydrogen-bond acceptors (Lipinski definition) is 6. The standard InChI is InChI=1S/C30H38N4O4/c1-19-7-4-5-8-23(19)33-15-13-32(14-16-33)21-11-12-22-20(17-21)18-25(28(31)35)34(29(22)36)24-9-6-10-26-27(24)38-30(2,3)37-26/h4-5,7-8,11-12,17,24-27H,6,9-10,13-16,18H2,1-3H3,(H2,31,35)/t24-,25?,26-,27+/m0/s1. The summed E-state index contributed by atoms with van der Waals surface area (Å²) >= 11 is 0. The second kappa shape index (κ2) is 9.58. The van der Waals surface area contributed by atoms with E-state index in [-0.39, 0.29) is 24.2 Å². The van der Waals surface area contributed by atoms with Crippen LogP contribution in [0.3, 0.4) is 0 Å². The number of hydrogen-bond donors (Lipinski definition) is 1. The fourth-order valence-electron chi connectivity index (χ4n) is 6.89. The number of nitrogens with two attached hydrogens (primary N) is 1. The van der Waals surface area contributed by atoms with Crippen LogP contribution in [0.25, 0.3) is 0 Å². The molecule has 1 aliphatic carbocycles. The number of ether oxygens (including phenoxy) is 2. The number of para-hydroxylation sites is 1. The summed E-state index contributed by atoms with van der Waals surface area (Å²) < 4.78 is 12.4. The minimum Gasteiger partial charge on any atom is -0.368 e. The molecule has 4 aliphatic rings. The van der Waals surface area contributed by atoms with E-state index in [0.29, 0.717) is 12.0 Å². The molecule has 2 N–H and O–H groups in total. The third kappa shape index (κ3) is 4.43. The summed E-state index contributed by atoms with van der Waals surface area (Å²) in [6.45, 7) is 9.62. The van der Waals surface area contributed by atoms with E-state index in [2.05, 4.69) is 47.1 Å². The molecule has 3 heterocycles. The summed E-state index contributed by atoms with van der Waals surface area (Å²) in [5.41, 5.74) is 11.1. The van der Waals surface area contributed by atoms with Gasteiger partial charge in [0.25, 0.3) is 5.91 Å². The molecule has 8 nitrogen and oxygen atoms in total. The normalized spacial score (nSPS) is 28.7. The molecule has 2 amide bonds. The molecule has 38 heavy (non-hydrogen) atoms. The third-order valence-corrected chi connectivity index (χ3v) is 8.68. The molecular formula is C30H38N4O4. The molecule has 0 aromatic heterocycles. The summed E-state index contributed by atoms with van der Waals surface area (Å²) in [5, 5.41) is 0. The van der Waals surface area contributed by atoms with Crippen LogP contribution in [0.5, 0.6) is 0 Å². The number of rotatable bonds is 4. The van der Waals surface area contributed by atoms with Gasteiger partial charge in [0.2, 0.25) is 5.91 Å². The average Bonchev–Trinajstić information content (AvgIpc) is 3.23. The first kappa shape index (κ1) is 25.2. The number of carbonyl (C=O) groups is 2. The van der Waals surface area contributed by atoms with Crippen LogP contribution >= 0.6 is 0 Å². The molecule has 0 spiro atoms. The van der Waals surface area contributed by atoms with Gasteiger partial charge >= 0.3 is 0 Å². The van der Waals surface area contributed by atoms with E-state index in [4.69, 9.17) is 15.2 Å². The maximum atomic E-state index is 13.9. The Hall–Kier alpha value is -3.10. The Labute approximate surface area is 224 Å². The van der Waals surface area contributed by atoms with E-state index in [1.807, 2.05) is 26.0 Å². The van der Waals surface area contributed by atoms with Crippen molar-refractivity contribution in [2.24, 2.45) is 5.73 Å². The summed E-state index contributed by atoms with van der Waals surface area (Å²) in [6, 6.07) is 13.6. The molecule has 4 atom stereocenters. The van der Waals surface area contributed by atoms with Crippen LogP contribution in [0.2, 0.25) is 0 Å². The molecule has 202 valence electrons. The number of carbonyl (C=O) groups excluding carboxylic acids is 2. The van der Waals surface area contributed by atoms with E-state index < -0.39 is 17.7 Å². The summed E-state index contributed by atoms with van der Waals surface area (Å²) in [6.07, 6.45) is 2.67. The number of fused-ring (bicyclic) bond motifs is 2. The molecule has 1 unspecified atom stereocenters. The van der Waals surface area contributed by atoms with Gasteiger partial charge in [-0.1, -0.05) is 18.2 Å². The summed E-state index contributed by atoms with van der Waals surface area (Å²) in [5.74, 6) is -1.30. The lowest BCUT2D eigenvalue weighted by Gasteiger charge is -2.45. The summed E-state index contributed by atoms with van der Waals surface area (Å²) in [7, 11) is 0. The smallest absolute Gasteiger partial charge is 0.255 e. The monoisotopic (exact) mass is 518 g/mol. The molecule has 1 saturated carbocycles.